The lowest BCUT2D eigenvalue weighted by molar-refractivity contribution is -0.108. The van der Waals surface area contributed by atoms with Gasteiger partial charge in [0.1, 0.15) is 5.52 Å². The molecule has 4 aromatic rings. The molecule has 3 N–H and O–H groups in total. The Morgan fingerprint density at radius 1 is 1.08 bits per heavy atom. The van der Waals surface area contributed by atoms with Crippen molar-refractivity contribution in [1.29, 1.82) is 0 Å². The minimum absolute atomic E-state index is 0.0716. The third-order valence-corrected chi connectivity index (χ3v) is 3.73. The van der Waals surface area contributed by atoms with E-state index in [9.17, 15) is 15.3 Å². The predicted molar refractivity (Wildman–Crippen MR) is 85.7 cm³/mol. The van der Waals surface area contributed by atoms with E-state index in [2.05, 4.69) is 20.5 Å². The van der Waals surface area contributed by atoms with E-state index in [1.54, 1.807) is 36.4 Å². The summed E-state index contributed by atoms with van der Waals surface area (Å²) in [5.74, 6) is 0.699. The largest absolute Gasteiger partial charge is 0.392 e. The van der Waals surface area contributed by atoms with Gasteiger partial charge in [0.25, 0.3) is 12.3 Å². The summed E-state index contributed by atoms with van der Waals surface area (Å²) < 4.78 is 6.28. The number of nitrogens with zero attached hydrogens (tertiary/aromatic N) is 5. The Bertz CT molecular complexity index is 1040. The van der Waals surface area contributed by atoms with Gasteiger partial charge < -0.3 is 19.8 Å². The Kier molecular flexibility index (Phi) is 3.73. The second kappa shape index (κ2) is 6.06. The highest BCUT2D eigenvalue weighted by Crippen LogP contribution is 2.25. The van der Waals surface area contributed by atoms with E-state index in [1.807, 2.05) is 6.07 Å². The summed E-state index contributed by atoms with van der Waals surface area (Å²) in [5.41, 5.74) is 3.05. The highest BCUT2D eigenvalue weighted by molar-refractivity contribution is 5.80. The second-order valence-electron chi connectivity index (χ2n) is 5.37. The zero-order valence-corrected chi connectivity index (χ0v) is 12.8. The second-order valence-corrected chi connectivity index (χ2v) is 5.37. The van der Waals surface area contributed by atoms with Gasteiger partial charge in [0.05, 0.1) is 12.1 Å². The van der Waals surface area contributed by atoms with Crippen LogP contribution in [0, 0.1) is 0 Å². The van der Waals surface area contributed by atoms with Gasteiger partial charge in [-0.25, -0.2) is 0 Å². The molecular formula is C16H13N5O4. The van der Waals surface area contributed by atoms with Crippen molar-refractivity contribution in [2.45, 2.75) is 13.0 Å². The van der Waals surface area contributed by atoms with Crippen molar-refractivity contribution in [2.24, 2.45) is 0 Å². The molecule has 0 radical (unpaired) electrons. The molecule has 126 valence electrons. The Balaban J connectivity index is 1.71. The third-order valence-electron chi connectivity index (χ3n) is 3.73. The smallest absolute Gasteiger partial charge is 0.258 e. The molecule has 0 aliphatic heterocycles. The van der Waals surface area contributed by atoms with E-state index in [1.165, 1.54) is 0 Å². The maximum Gasteiger partial charge on any atom is 0.258 e. The minimum atomic E-state index is -1.76. The molecule has 25 heavy (non-hydrogen) atoms. The molecule has 0 amide bonds. The van der Waals surface area contributed by atoms with E-state index in [4.69, 9.17) is 4.52 Å². The van der Waals surface area contributed by atoms with Crippen molar-refractivity contribution < 1.29 is 19.8 Å². The third kappa shape index (κ3) is 2.76. The highest BCUT2D eigenvalue weighted by atomic mass is 16.5. The molecule has 2 aromatic carbocycles. The normalized spacial score (nSPS) is 11.5. The summed E-state index contributed by atoms with van der Waals surface area (Å²) >= 11 is 0. The van der Waals surface area contributed by atoms with Gasteiger partial charge in [-0.05, 0) is 35.9 Å². The van der Waals surface area contributed by atoms with E-state index < -0.39 is 6.41 Å². The van der Waals surface area contributed by atoms with Crippen LogP contribution in [0.2, 0.25) is 0 Å². The topological polar surface area (TPSA) is 130 Å². The lowest BCUT2D eigenvalue weighted by atomic mass is 10.1. The number of aliphatic hydroxyl groups is 3. The number of fused-ring (bicyclic) bond motifs is 1. The van der Waals surface area contributed by atoms with Crippen LogP contribution in [0.25, 0.3) is 33.9 Å². The maximum atomic E-state index is 9.23. The summed E-state index contributed by atoms with van der Waals surface area (Å²) in [6, 6.07) is 12.2. The van der Waals surface area contributed by atoms with Crippen LogP contribution in [0.4, 0.5) is 0 Å². The molecule has 0 unspecified atom stereocenters. The Labute approximate surface area is 140 Å². The van der Waals surface area contributed by atoms with E-state index in [0.717, 1.165) is 10.2 Å². The standard InChI is InChI=1S/C16H13N5O4/c22-8-9-2-1-3-11(6-9)15-17-14(19-25-15)10-4-5-13-12(7-10)18-20-21(13)16(23)24/h1-7,16,22-24H,8H2. The van der Waals surface area contributed by atoms with E-state index in [0.29, 0.717) is 33.9 Å². The Morgan fingerprint density at radius 2 is 1.96 bits per heavy atom. The van der Waals surface area contributed by atoms with Gasteiger partial charge in [-0.2, -0.15) is 9.67 Å². The molecule has 9 nitrogen and oxygen atoms in total. The number of benzene rings is 2. The molecule has 0 saturated carbocycles. The van der Waals surface area contributed by atoms with Crippen molar-refractivity contribution in [1.82, 2.24) is 25.1 Å². The molecule has 0 atom stereocenters. The van der Waals surface area contributed by atoms with Gasteiger partial charge in [0.15, 0.2) is 0 Å². The average Bonchev–Trinajstić information content (AvgIpc) is 3.28. The van der Waals surface area contributed by atoms with Gasteiger partial charge in [-0.3, -0.25) is 0 Å². The molecule has 4 rings (SSSR count). The maximum absolute atomic E-state index is 9.23. The average molecular weight is 339 g/mol. The number of aliphatic hydroxyl groups excluding tert-OH is 2. The summed E-state index contributed by atoms with van der Waals surface area (Å²) in [7, 11) is 0. The van der Waals surface area contributed by atoms with Crippen molar-refractivity contribution in [3.63, 3.8) is 0 Å². The quantitative estimate of drug-likeness (QED) is 0.471. The van der Waals surface area contributed by atoms with Crippen LogP contribution in [-0.2, 0) is 6.61 Å². The number of hydrogen-bond donors (Lipinski definition) is 3. The van der Waals surface area contributed by atoms with E-state index in [-0.39, 0.29) is 6.61 Å². The highest BCUT2D eigenvalue weighted by Gasteiger charge is 2.14. The first kappa shape index (κ1) is 15.4. The minimum Gasteiger partial charge on any atom is -0.392 e. The Morgan fingerprint density at radius 3 is 2.76 bits per heavy atom. The van der Waals surface area contributed by atoms with E-state index >= 15 is 0 Å². The molecule has 0 aliphatic carbocycles. The first-order valence-electron chi connectivity index (χ1n) is 7.41. The van der Waals surface area contributed by atoms with Gasteiger partial charge in [-0.1, -0.05) is 22.5 Å². The fourth-order valence-electron chi connectivity index (χ4n) is 2.51. The molecule has 0 fully saturated rings. The fourth-order valence-corrected chi connectivity index (χ4v) is 2.51. The molecule has 2 aromatic heterocycles. The van der Waals surface area contributed by atoms with Gasteiger partial charge in [-0.15, -0.1) is 5.10 Å². The van der Waals surface area contributed by atoms with Crippen molar-refractivity contribution in [3.8, 4) is 22.8 Å². The van der Waals surface area contributed by atoms with Crippen LogP contribution in [0.1, 0.15) is 12.0 Å². The summed E-state index contributed by atoms with van der Waals surface area (Å²) in [5, 5.41) is 39.2. The molecule has 2 heterocycles. The van der Waals surface area contributed by atoms with Crippen LogP contribution in [0.3, 0.4) is 0 Å². The number of aromatic nitrogens is 5. The lowest BCUT2D eigenvalue weighted by Crippen LogP contribution is -2.08. The van der Waals surface area contributed by atoms with Gasteiger partial charge in [0, 0.05) is 11.1 Å². The molecule has 0 bridgehead atoms. The lowest BCUT2D eigenvalue weighted by Gasteiger charge is -2.02. The molecule has 9 heteroatoms. The molecule has 0 saturated heterocycles. The summed E-state index contributed by atoms with van der Waals surface area (Å²) in [6.45, 7) is -0.0716. The van der Waals surface area contributed by atoms with Crippen LogP contribution in [0.5, 0.6) is 0 Å². The van der Waals surface area contributed by atoms with Gasteiger partial charge >= 0.3 is 0 Å². The van der Waals surface area contributed by atoms with Crippen LogP contribution >= 0.6 is 0 Å². The Hall–Kier alpha value is -3.14. The van der Waals surface area contributed by atoms with Gasteiger partial charge in [0.2, 0.25) is 5.82 Å². The summed E-state index contributed by atoms with van der Waals surface area (Å²) in [4.78, 5) is 4.36. The van der Waals surface area contributed by atoms with Crippen molar-refractivity contribution in [3.05, 3.63) is 48.0 Å². The SMILES string of the molecule is OCc1cccc(-c2nc(-c3ccc4c(c3)nnn4C(O)O)no2)c1. The van der Waals surface area contributed by atoms with Crippen LogP contribution in [-0.4, -0.2) is 40.5 Å². The van der Waals surface area contributed by atoms with Crippen molar-refractivity contribution in [2.75, 3.05) is 0 Å². The number of hydrogen-bond acceptors (Lipinski definition) is 8. The zero-order valence-electron chi connectivity index (χ0n) is 12.8. The monoisotopic (exact) mass is 339 g/mol. The van der Waals surface area contributed by atoms with Crippen LogP contribution < -0.4 is 0 Å². The predicted octanol–water partition coefficient (Wildman–Crippen LogP) is 1.08. The number of rotatable bonds is 4. The first-order chi connectivity index (χ1) is 12.2. The molecular weight excluding hydrogens is 326 g/mol. The van der Waals surface area contributed by atoms with Crippen molar-refractivity contribution >= 4 is 11.0 Å². The molecule has 0 spiro atoms. The van der Waals surface area contributed by atoms with Crippen LogP contribution in [0.15, 0.2) is 47.0 Å². The zero-order chi connectivity index (χ0) is 17.4. The summed E-state index contributed by atoms with van der Waals surface area (Å²) in [6.07, 6.45) is -1.76. The fraction of sp³-hybridized carbons (Fsp3) is 0.125. The molecule has 0 aliphatic rings. The first-order valence-corrected chi connectivity index (χ1v) is 7.41.